The second-order valence-corrected chi connectivity index (χ2v) is 15.3. The normalized spacial score (nSPS) is 11.5. The molecular weight excluding hydrogens is 624 g/mol. The third kappa shape index (κ3) is 20.7. The number of hydrogen-bond acceptors (Lipinski definition) is 4. The van der Waals surface area contributed by atoms with E-state index in [1.807, 2.05) is 12.1 Å². The molecule has 0 heterocycles. The second-order valence-electron chi connectivity index (χ2n) is 14.0. The van der Waals surface area contributed by atoms with E-state index in [1.165, 1.54) is 134 Å². The van der Waals surface area contributed by atoms with E-state index in [4.69, 9.17) is 4.74 Å². The quantitative estimate of drug-likeness (QED) is 0.0464. The number of ether oxygens (including phenoxy) is 1. The van der Waals surface area contributed by atoms with Gasteiger partial charge in [0, 0.05) is 0 Å². The van der Waals surface area contributed by atoms with E-state index < -0.39 is 10.1 Å². The van der Waals surface area contributed by atoms with Gasteiger partial charge in [-0.05, 0) is 73.4 Å². The summed E-state index contributed by atoms with van der Waals surface area (Å²) in [6.45, 7) is 6.74. The van der Waals surface area contributed by atoms with E-state index in [0.29, 0.717) is 12.2 Å². The van der Waals surface area contributed by atoms with Gasteiger partial charge in [0.2, 0.25) is 0 Å². The van der Waals surface area contributed by atoms with Crippen LogP contribution in [0, 0.1) is 0 Å². The van der Waals surface area contributed by atoms with Gasteiger partial charge in [0.15, 0.2) is 0 Å². The van der Waals surface area contributed by atoms with E-state index in [-0.39, 0.29) is 40.2 Å². The Morgan fingerprint density at radius 3 is 1.29 bits per heavy atom. The zero-order valence-corrected chi connectivity index (χ0v) is 34.4. The molecule has 0 atom stereocenters. The molecule has 0 saturated carbocycles. The van der Waals surface area contributed by atoms with Crippen LogP contribution in [0.3, 0.4) is 0 Å². The summed E-state index contributed by atoms with van der Waals surface area (Å²) in [5, 5.41) is 0. The van der Waals surface area contributed by atoms with Crippen LogP contribution in [0.25, 0.3) is 0 Å². The first kappa shape index (κ1) is 45.2. The van der Waals surface area contributed by atoms with Crippen LogP contribution in [-0.4, -0.2) is 13.0 Å². The molecule has 0 bridgehead atoms. The predicted molar refractivity (Wildman–Crippen MR) is 200 cm³/mol. The molecule has 0 N–H and O–H groups in total. The first-order chi connectivity index (χ1) is 22.9. The Morgan fingerprint density at radius 1 is 0.500 bits per heavy atom. The molecule has 0 aliphatic rings. The molecule has 0 aromatic heterocycles. The molecule has 2 aromatic rings. The summed E-state index contributed by atoms with van der Waals surface area (Å²) in [5.41, 5.74) is 3.05. The van der Waals surface area contributed by atoms with Crippen molar-refractivity contribution in [2.45, 2.75) is 199 Å². The zero-order valence-electron chi connectivity index (χ0n) is 31.6. The Labute approximate surface area is 319 Å². The summed E-state index contributed by atoms with van der Waals surface area (Å²) in [6.07, 6.45) is 32.3. The summed E-state index contributed by atoms with van der Waals surface area (Å²) >= 11 is 0. The first-order valence-corrected chi connectivity index (χ1v) is 21.2. The summed E-state index contributed by atoms with van der Waals surface area (Å²) in [5.74, 6) is 0.820. The van der Waals surface area contributed by atoms with Gasteiger partial charge < -0.3 is 9.29 Å². The van der Waals surface area contributed by atoms with Gasteiger partial charge in [-0.3, -0.25) is 0 Å². The fourth-order valence-corrected chi connectivity index (χ4v) is 7.27. The molecule has 0 radical (unpaired) electrons. The minimum atomic E-state index is -4.70. The van der Waals surface area contributed by atoms with Crippen LogP contribution < -0.4 is 34.3 Å². The average molecular weight is 693 g/mol. The van der Waals surface area contributed by atoms with Crippen LogP contribution in [0.1, 0.15) is 192 Å². The van der Waals surface area contributed by atoms with Gasteiger partial charge in [0.25, 0.3) is 0 Å². The molecule has 2 rings (SSSR count). The largest absolute Gasteiger partial charge is 1.00 e. The van der Waals surface area contributed by atoms with Gasteiger partial charge >= 0.3 is 29.6 Å². The van der Waals surface area contributed by atoms with Crippen LogP contribution in [0.2, 0.25) is 0 Å². The van der Waals surface area contributed by atoms with E-state index in [9.17, 15) is 13.0 Å². The minimum Gasteiger partial charge on any atom is -0.744 e. The van der Waals surface area contributed by atoms with Crippen molar-refractivity contribution in [3.63, 3.8) is 0 Å². The summed E-state index contributed by atoms with van der Waals surface area (Å²) in [6, 6.07) is 11.7. The van der Waals surface area contributed by atoms with E-state index in [1.54, 1.807) is 6.07 Å². The van der Waals surface area contributed by atoms with Gasteiger partial charge in [0.1, 0.15) is 21.6 Å². The molecule has 0 unspecified atom stereocenters. The first-order valence-electron chi connectivity index (χ1n) is 19.8. The molecule has 6 heteroatoms. The molecule has 0 spiro atoms. The van der Waals surface area contributed by atoms with Gasteiger partial charge in [-0.1, -0.05) is 174 Å². The Kier molecular flexibility index (Phi) is 27.1. The molecule has 2 aromatic carbocycles. The molecule has 4 nitrogen and oxygen atoms in total. The fourth-order valence-electron chi connectivity index (χ4n) is 6.57. The summed E-state index contributed by atoms with van der Waals surface area (Å²) in [4.78, 5) is -0.202. The Morgan fingerprint density at radius 2 is 0.875 bits per heavy atom. The monoisotopic (exact) mass is 692 g/mol. The standard InChI is InChI=1S/C42H70O4S.Na/c1-4-7-10-13-16-19-22-25-28-37-31-33-40(34-32-37)46-42-39(30-27-24-21-18-15-12-9-6-3)35-38(36-41(42)47(43,44)45)29-26-23-20-17-14-11-8-5-2;/h31-36H,4-30H2,1-3H3,(H,43,44,45);/q;+1/p-1. The number of unbranched alkanes of at least 4 members (excludes halogenated alkanes) is 21. The minimum absolute atomic E-state index is 0. The Bertz CT molecular complexity index is 1160. The van der Waals surface area contributed by atoms with Crippen LogP contribution in [0.15, 0.2) is 41.3 Å². The smallest absolute Gasteiger partial charge is 0.744 e. The third-order valence-corrected chi connectivity index (χ3v) is 10.4. The maximum atomic E-state index is 12.6. The Balaban J connectivity index is 0.0000115. The molecular formula is C42H69NaO4S. The van der Waals surface area contributed by atoms with Crippen molar-refractivity contribution >= 4 is 10.1 Å². The molecule has 0 aliphatic heterocycles. The SMILES string of the molecule is CCCCCCCCCCc1ccc(Oc2c(CCCCCCCCCC)cc(CCCCCCCCCC)cc2S(=O)(=O)[O-])cc1.[Na+]. The molecule has 0 amide bonds. The van der Waals surface area contributed by atoms with Crippen molar-refractivity contribution in [3.05, 3.63) is 53.1 Å². The van der Waals surface area contributed by atoms with Crippen molar-refractivity contribution in [2.75, 3.05) is 0 Å². The number of benzene rings is 2. The number of aryl methyl sites for hydroxylation is 3. The molecule has 0 aliphatic carbocycles. The van der Waals surface area contributed by atoms with Crippen LogP contribution in [0.5, 0.6) is 11.5 Å². The van der Waals surface area contributed by atoms with E-state index >= 15 is 0 Å². The second kappa shape index (κ2) is 28.8. The Hall–Kier alpha value is -0.850. The van der Waals surface area contributed by atoms with Crippen molar-refractivity contribution in [1.29, 1.82) is 0 Å². The summed E-state index contributed by atoms with van der Waals surface area (Å²) < 4.78 is 44.1. The van der Waals surface area contributed by atoms with E-state index in [0.717, 1.165) is 49.7 Å². The van der Waals surface area contributed by atoms with Gasteiger partial charge in [-0.25, -0.2) is 8.42 Å². The van der Waals surface area contributed by atoms with Gasteiger partial charge in [-0.15, -0.1) is 0 Å². The number of hydrogen-bond donors (Lipinski definition) is 0. The van der Waals surface area contributed by atoms with Crippen molar-refractivity contribution in [3.8, 4) is 11.5 Å². The predicted octanol–water partition coefficient (Wildman–Crippen LogP) is 10.4. The topological polar surface area (TPSA) is 66.4 Å². The van der Waals surface area contributed by atoms with Crippen molar-refractivity contribution in [2.24, 2.45) is 0 Å². The summed E-state index contributed by atoms with van der Waals surface area (Å²) in [7, 11) is -4.70. The van der Waals surface area contributed by atoms with Gasteiger partial charge in [-0.2, -0.15) is 0 Å². The fraction of sp³-hybridized carbons (Fsp3) is 0.714. The van der Waals surface area contributed by atoms with Gasteiger partial charge in [0.05, 0.1) is 4.90 Å². The maximum Gasteiger partial charge on any atom is 1.00 e. The van der Waals surface area contributed by atoms with E-state index in [2.05, 4.69) is 39.0 Å². The molecule has 0 fully saturated rings. The maximum absolute atomic E-state index is 12.6. The zero-order chi connectivity index (χ0) is 34.0. The van der Waals surface area contributed by atoms with Crippen LogP contribution in [0.4, 0.5) is 0 Å². The molecule has 0 saturated heterocycles. The van der Waals surface area contributed by atoms with Crippen molar-refractivity contribution in [1.82, 2.24) is 0 Å². The molecule has 48 heavy (non-hydrogen) atoms. The van der Waals surface area contributed by atoms with Crippen LogP contribution in [-0.2, 0) is 29.4 Å². The van der Waals surface area contributed by atoms with Crippen molar-refractivity contribution < 1.29 is 47.3 Å². The third-order valence-electron chi connectivity index (χ3n) is 9.54. The van der Waals surface area contributed by atoms with Crippen LogP contribution >= 0.6 is 0 Å². The average Bonchev–Trinajstić information content (AvgIpc) is 3.05. The number of rotatable bonds is 30. The molecule has 268 valence electrons.